The summed E-state index contributed by atoms with van der Waals surface area (Å²) >= 11 is 0. The molecule has 0 bridgehead atoms. The minimum Gasteiger partial charge on any atom is -0.0958 e. The molecule has 13 heavy (non-hydrogen) atoms. The first kappa shape index (κ1) is 10.3. The maximum absolute atomic E-state index is 4.06. The van der Waals surface area contributed by atoms with Crippen LogP contribution in [0.2, 0.25) is 0 Å². The lowest BCUT2D eigenvalue weighted by Crippen LogP contribution is -2.21. The molecule has 0 saturated heterocycles. The molecule has 1 rings (SSSR count). The van der Waals surface area contributed by atoms with Gasteiger partial charge in [0.05, 0.1) is 0 Å². The third-order valence-electron chi connectivity index (χ3n) is 2.66. The van der Waals surface area contributed by atoms with Crippen molar-refractivity contribution in [1.82, 2.24) is 0 Å². The van der Waals surface area contributed by atoms with Gasteiger partial charge < -0.3 is 0 Å². The first-order chi connectivity index (χ1) is 5.84. The predicted octanol–water partition coefficient (Wildman–Crippen LogP) is 4.26. The van der Waals surface area contributed by atoms with Crippen molar-refractivity contribution in [2.45, 2.75) is 41.0 Å². The van der Waals surface area contributed by atoms with E-state index in [-0.39, 0.29) is 5.41 Å². The van der Waals surface area contributed by atoms with E-state index >= 15 is 0 Å². The zero-order valence-corrected chi connectivity index (χ0v) is 9.49. The van der Waals surface area contributed by atoms with Crippen molar-refractivity contribution in [2.24, 2.45) is 5.41 Å². The van der Waals surface area contributed by atoms with Gasteiger partial charge in [0.15, 0.2) is 0 Å². The number of hydrogen-bond donors (Lipinski definition) is 0. The monoisotopic (exact) mass is 176 g/mol. The van der Waals surface area contributed by atoms with Crippen LogP contribution >= 0.6 is 0 Å². The second-order valence-electron chi connectivity index (χ2n) is 4.92. The molecule has 1 aliphatic rings. The fraction of sp³-hybridized carbons (Fsp3) is 0.538. The lowest BCUT2D eigenvalue weighted by atomic mass is 9.70. The van der Waals surface area contributed by atoms with E-state index in [4.69, 9.17) is 0 Å². The molecule has 1 aliphatic carbocycles. The molecule has 0 unspecified atom stereocenters. The Hall–Kier alpha value is -0.780. The van der Waals surface area contributed by atoms with E-state index in [9.17, 15) is 0 Å². The molecule has 0 spiro atoms. The average molecular weight is 176 g/mol. The van der Waals surface area contributed by atoms with E-state index in [1.807, 2.05) is 0 Å². The lowest BCUT2D eigenvalue weighted by Gasteiger charge is -2.34. The van der Waals surface area contributed by atoms with Crippen LogP contribution in [0.1, 0.15) is 41.0 Å². The molecule has 0 amide bonds. The Morgan fingerprint density at radius 1 is 1.38 bits per heavy atom. The quantitative estimate of drug-likeness (QED) is 0.517. The zero-order chi connectivity index (χ0) is 10.2. The van der Waals surface area contributed by atoms with Crippen molar-refractivity contribution in [3.8, 4) is 0 Å². The number of allylic oxidation sites excluding steroid dienone is 5. The van der Waals surface area contributed by atoms with Crippen molar-refractivity contribution in [3.05, 3.63) is 34.9 Å². The Labute approximate surface area is 82.0 Å². The summed E-state index contributed by atoms with van der Waals surface area (Å²) in [4.78, 5) is 0. The van der Waals surface area contributed by atoms with E-state index in [1.165, 1.54) is 22.3 Å². The van der Waals surface area contributed by atoms with Crippen molar-refractivity contribution >= 4 is 0 Å². The van der Waals surface area contributed by atoms with Gasteiger partial charge in [0.2, 0.25) is 0 Å². The van der Waals surface area contributed by atoms with Crippen molar-refractivity contribution in [1.29, 1.82) is 0 Å². The van der Waals surface area contributed by atoms with Gasteiger partial charge in [0.1, 0.15) is 0 Å². The molecule has 72 valence electrons. The predicted molar refractivity (Wildman–Crippen MR) is 59.7 cm³/mol. The molecule has 0 atom stereocenters. The van der Waals surface area contributed by atoms with Gasteiger partial charge >= 0.3 is 0 Å². The molecule has 0 N–H and O–H groups in total. The highest BCUT2D eigenvalue weighted by molar-refractivity contribution is 5.46. The maximum atomic E-state index is 4.06. The average Bonchev–Trinajstić information content (AvgIpc) is 1.78. The Morgan fingerprint density at radius 3 is 2.31 bits per heavy atom. The second-order valence-corrected chi connectivity index (χ2v) is 4.92. The van der Waals surface area contributed by atoms with E-state index in [0.29, 0.717) is 0 Å². The Kier molecular flexibility index (Phi) is 2.51. The molecule has 0 aromatic heterocycles. The third-order valence-corrected chi connectivity index (χ3v) is 2.66. The summed E-state index contributed by atoms with van der Waals surface area (Å²) in [5.74, 6) is 0. The van der Waals surface area contributed by atoms with Crippen LogP contribution in [-0.4, -0.2) is 0 Å². The van der Waals surface area contributed by atoms with Gasteiger partial charge in [-0.25, -0.2) is 0 Å². The fourth-order valence-electron chi connectivity index (χ4n) is 2.69. The van der Waals surface area contributed by atoms with E-state index in [2.05, 4.69) is 47.3 Å². The summed E-state index contributed by atoms with van der Waals surface area (Å²) in [6.45, 7) is 15.2. The van der Waals surface area contributed by atoms with Crippen LogP contribution in [-0.2, 0) is 0 Å². The van der Waals surface area contributed by atoms with Crippen LogP contribution in [0.5, 0.6) is 0 Å². The molecule has 0 fully saturated rings. The number of hydrogen-bond acceptors (Lipinski definition) is 0. The van der Waals surface area contributed by atoms with E-state index in [0.717, 1.165) is 6.42 Å². The molecular weight excluding hydrogens is 156 g/mol. The molecule has 0 heteroatoms. The van der Waals surface area contributed by atoms with Crippen LogP contribution in [0.3, 0.4) is 0 Å². The molecule has 0 aromatic carbocycles. The van der Waals surface area contributed by atoms with Gasteiger partial charge in [-0.3, -0.25) is 0 Å². The highest BCUT2D eigenvalue weighted by Crippen LogP contribution is 2.43. The second kappa shape index (κ2) is 3.17. The molecule has 0 aliphatic heterocycles. The molecule has 0 saturated carbocycles. The van der Waals surface area contributed by atoms with Crippen LogP contribution in [0.4, 0.5) is 0 Å². The SMILES string of the molecule is C=C1C=C(C)C(=C(C)C)C(C)(C)C1. The molecule has 0 radical (unpaired) electrons. The zero-order valence-electron chi connectivity index (χ0n) is 9.49. The summed E-state index contributed by atoms with van der Waals surface area (Å²) in [5, 5.41) is 0. The minimum atomic E-state index is 0.273. The molecule has 0 heterocycles. The van der Waals surface area contributed by atoms with Gasteiger partial charge in [0, 0.05) is 0 Å². The first-order valence-corrected chi connectivity index (χ1v) is 4.89. The van der Waals surface area contributed by atoms with Gasteiger partial charge in [0.25, 0.3) is 0 Å². The Balaban J connectivity index is 3.27. The summed E-state index contributed by atoms with van der Waals surface area (Å²) in [6, 6.07) is 0. The maximum Gasteiger partial charge on any atom is -0.00615 e. The van der Waals surface area contributed by atoms with Gasteiger partial charge in [-0.15, -0.1) is 0 Å². The van der Waals surface area contributed by atoms with Gasteiger partial charge in [-0.05, 0) is 43.8 Å². The topological polar surface area (TPSA) is 0 Å². The van der Waals surface area contributed by atoms with E-state index < -0.39 is 0 Å². The third kappa shape index (κ3) is 1.93. The van der Waals surface area contributed by atoms with Crippen molar-refractivity contribution < 1.29 is 0 Å². The first-order valence-electron chi connectivity index (χ1n) is 4.89. The summed E-state index contributed by atoms with van der Waals surface area (Å²) in [6.07, 6.45) is 3.30. The highest BCUT2D eigenvalue weighted by atomic mass is 14.3. The fourth-order valence-corrected chi connectivity index (χ4v) is 2.69. The van der Waals surface area contributed by atoms with Crippen molar-refractivity contribution in [2.75, 3.05) is 0 Å². The normalized spacial score (nSPS) is 21.5. The van der Waals surface area contributed by atoms with E-state index in [1.54, 1.807) is 0 Å². The molecule has 0 nitrogen and oxygen atoms in total. The van der Waals surface area contributed by atoms with Crippen LogP contribution in [0, 0.1) is 5.41 Å². The Bertz CT molecular complexity index is 294. The van der Waals surface area contributed by atoms with Gasteiger partial charge in [-0.2, -0.15) is 0 Å². The summed E-state index contributed by atoms with van der Waals surface area (Å²) in [7, 11) is 0. The molecule has 0 aromatic rings. The van der Waals surface area contributed by atoms with Crippen LogP contribution in [0.25, 0.3) is 0 Å². The largest absolute Gasteiger partial charge is 0.0958 e. The smallest absolute Gasteiger partial charge is 0.00615 e. The summed E-state index contributed by atoms with van der Waals surface area (Å²) in [5.41, 5.74) is 5.87. The standard InChI is InChI=1S/C13H20/c1-9(2)12-11(4)7-10(3)8-13(12,5)6/h7H,3,8H2,1-2,4-6H3. The lowest BCUT2D eigenvalue weighted by molar-refractivity contribution is 0.439. The summed E-state index contributed by atoms with van der Waals surface area (Å²) < 4.78 is 0. The highest BCUT2D eigenvalue weighted by Gasteiger charge is 2.28. The van der Waals surface area contributed by atoms with Crippen molar-refractivity contribution in [3.63, 3.8) is 0 Å². The van der Waals surface area contributed by atoms with Gasteiger partial charge in [-0.1, -0.05) is 37.6 Å². The van der Waals surface area contributed by atoms with Crippen LogP contribution in [0.15, 0.2) is 34.9 Å². The Morgan fingerprint density at radius 2 is 1.92 bits per heavy atom. The molecular formula is C13H20. The minimum absolute atomic E-state index is 0.273. The number of rotatable bonds is 0. The van der Waals surface area contributed by atoms with Crippen LogP contribution < -0.4 is 0 Å².